The minimum Gasteiger partial charge on any atom is -0.356 e. The molecule has 0 aromatic heterocycles. The summed E-state index contributed by atoms with van der Waals surface area (Å²) in [6.45, 7) is 0.664. The second-order valence-electron chi connectivity index (χ2n) is 5.69. The van der Waals surface area contributed by atoms with Gasteiger partial charge in [0.1, 0.15) is 0 Å². The predicted molar refractivity (Wildman–Crippen MR) is 93.2 cm³/mol. The van der Waals surface area contributed by atoms with Crippen LogP contribution in [0.15, 0.2) is 46.9 Å². The van der Waals surface area contributed by atoms with E-state index in [1.165, 1.54) is 16.7 Å². The quantitative estimate of drug-likeness (QED) is 0.850. The average molecular weight is 379 g/mol. The molecule has 1 N–H and O–H groups in total. The Labute approximate surface area is 144 Å². The summed E-state index contributed by atoms with van der Waals surface area (Å²) in [4.78, 5) is 12.3. The summed E-state index contributed by atoms with van der Waals surface area (Å²) < 4.78 is 1.08. The first kappa shape index (κ1) is 15.6. The maximum atomic E-state index is 12.3. The summed E-state index contributed by atoms with van der Waals surface area (Å²) in [7, 11) is 0. The summed E-state index contributed by atoms with van der Waals surface area (Å²) >= 11 is 9.35. The third-order valence-electron chi connectivity index (χ3n) is 4.10. The molecule has 2 aromatic carbocycles. The molecular weight excluding hydrogens is 362 g/mol. The lowest BCUT2D eigenvalue weighted by Crippen LogP contribution is -2.32. The zero-order chi connectivity index (χ0) is 15.5. The van der Waals surface area contributed by atoms with Crippen LogP contribution in [0.5, 0.6) is 0 Å². The largest absolute Gasteiger partial charge is 0.356 e. The van der Waals surface area contributed by atoms with Crippen molar-refractivity contribution in [1.82, 2.24) is 5.32 Å². The molecule has 114 valence electrons. The molecule has 0 radical (unpaired) electrons. The lowest BCUT2D eigenvalue weighted by molar-refractivity contribution is -0.124. The number of carbonyl (C=O) groups is 1. The molecule has 1 aliphatic carbocycles. The minimum absolute atomic E-state index is 0.0644. The molecule has 1 unspecified atom stereocenters. The van der Waals surface area contributed by atoms with Gasteiger partial charge in [-0.1, -0.05) is 45.7 Å². The lowest BCUT2D eigenvalue weighted by Gasteiger charge is -2.10. The summed E-state index contributed by atoms with van der Waals surface area (Å²) in [5.41, 5.74) is 3.76. The van der Waals surface area contributed by atoms with Gasteiger partial charge in [-0.25, -0.2) is 0 Å². The van der Waals surface area contributed by atoms with Crippen molar-refractivity contribution in [2.24, 2.45) is 5.92 Å². The number of halogens is 2. The highest BCUT2D eigenvalue weighted by atomic mass is 79.9. The van der Waals surface area contributed by atoms with Crippen LogP contribution in [0.25, 0.3) is 0 Å². The average Bonchev–Trinajstić information content (AvgIpc) is 2.92. The van der Waals surface area contributed by atoms with E-state index in [2.05, 4.69) is 33.4 Å². The van der Waals surface area contributed by atoms with Gasteiger partial charge >= 0.3 is 0 Å². The van der Waals surface area contributed by atoms with Crippen LogP contribution in [0, 0.1) is 5.92 Å². The molecule has 3 rings (SSSR count). The summed E-state index contributed by atoms with van der Waals surface area (Å²) in [6.07, 6.45) is 2.51. The number of hydrogen-bond acceptors (Lipinski definition) is 1. The number of fused-ring (bicyclic) bond motifs is 1. The van der Waals surface area contributed by atoms with Crippen LogP contribution in [0.4, 0.5) is 0 Å². The Hall–Kier alpha value is -1.32. The molecule has 22 heavy (non-hydrogen) atoms. The fraction of sp³-hybridized carbons (Fsp3) is 0.278. The molecule has 2 nitrogen and oxygen atoms in total. The van der Waals surface area contributed by atoms with E-state index in [0.717, 1.165) is 28.8 Å². The number of carbonyl (C=O) groups excluding carboxylic acids is 1. The van der Waals surface area contributed by atoms with Gasteiger partial charge in [0.15, 0.2) is 0 Å². The molecule has 1 aliphatic rings. The van der Waals surface area contributed by atoms with Crippen LogP contribution in [0.1, 0.15) is 16.7 Å². The maximum absolute atomic E-state index is 12.3. The topological polar surface area (TPSA) is 29.1 Å². The smallest absolute Gasteiger partial charge is 0.223 e. The van der Waals surface area contributed by atoms with E-state index in [1.54, 1.807) is 0 Å². The number of benzene rings is 2. The number of nitrogens with one attached hydrogen (secondary N) is 1. The standard InChI is InChI=1S/C18H17BrClNO/c19-16-4-3-13-9-15(10-14(13)11-16)18(22)21-8-7-12-1-5-17(20)6-2-12/h1-6,11,15H,7-10H2,(H,21,22). The molecule has 0 heterocycles. The molecule has 0 fully saturated rings. The van der Waals surface area contributed by atoms with Gasteiger partial charge in [0.2, 0.25) is 5.91 Å². The van der Waals surface area contributed by atoms with Crippen molar-refractivity contribution in [1.29, 1.82) is 0 Å². The van der Waals surface area contributed by atoms with Crippen LogP contribution in [0.2, 0.25) is 5.02 Å². The molecule has 1 atom stereocenters. The van der Waals surface area contributed by atoms with Crippen LogP contribution >= 0.6 is 27.5 Å². The molecule has 0 saturated heterocycles. The zero-order valence-electron chi connectivity index (χ0n) is 12.1. The van der Waals surface area contributed by atoms with Gasteiger partial charge in [0.05, 0.1) is 0 Å². The normalized spacial score (nSPS) is 16.4. The van der Waals surface area contributed by atoms with E-state index < -0.39 is 0 Å². The first-order chi connectivity index (χ1) is 10.6. The van der Waals surface area contributed by atoms with E-state index in [-0.39, 0.29) is 11.8 Å². The Morgan fingerprint density at radius 1 is 1.14 bits per heavy atom. The van der Waals surface area contributed by atoms with Gasteiger partial charge in [0, 0.05) is 22.0 Å². The predicted octanol–water partition coefficient (Wildman–Crippen LogP) is 4.18. The van der Waals surface area contributed by atoms with E-state index in [9.17, 15) is 4.79 Å². The van der Waals surface area contributed by atoms with E-state index in [0.29, 0.717) is 6.54 Å². The Bertz CT molecular complexity index is 684. The van der Waals surface area contributed by atoms with E-state index in [4.69, 9.17) is 11.6 Å². The van der Waals surface area contributed by atoms with Crippen LogP contribution < -0.4 is 5.32 Å². The fourth-order valence-corrected chi connectivity index (χ4v) is 3.43. The highest BCUT2D eigenvalue weighted by Crippen LogP contribution is 2.29. The van der Waals surface area contributed by atoms with Crippen molar-refractivity contribution in [3.63, 3.8) is 0 Å². The number of amides is 1. The molecule has 0 spiro atoms. The first-order valence-corrected chi connectivity index (χ1v) is 8.58. The van der Waals surface area contributed by atoms with Crippen molar-refractivity contribution in [2.45, 2.75) is 19.3 Å². The molecular formula is C18H17BrClNO. The van der Waals surface area contributed by atoms with Crippen molar-refractivity contribution < 1.29 is 4.79 Å². The molecule has 0 aliphatic heterocycles. The molecule has 2 aromatic rings. The van der Waals surface area contributed by atoms with Gasteiger partial charge in [-0.2, -0.15) is 0 Å². The molecule has 0 saturated carbocycles. The third kappa shape index (κ3) is 3.71. The van der Waals surface area contributed by atoms with Gasteiger partial charge < -0.3 is 5.32 Å². The molecule has 1 amide bonds. The Morgan fingerprint density at radius 2 is 1.86 bits per heavy atom. The Balaban J connectivity index is 1.50. The minimum atomic E-state index is 0.0644. The Morgan fingerprint density at radius 3 is 2.64 bits per heavy atom. The zero-order valence-corrected chi connectivity index (χ0v) is 14.5. The van der Waals surface area contributed by atoms with Crippen LogP contribution in [-0.4, -0.2) is 12.5 Å². The van der Waals surface area contributed by atoms with Gasteiger partial charge in [-0.3, -0.25) is 4.79 Å². The van der Waals surface area contributed by atoms with Crippen LogP contribution in [-0.2, 0) is 24.1 Å². The van der Waals surface area contributed by atoms with Crippen molar-refractivity contribution in [3.8, 4) is 0 Å². The second kappa shape index (κ2) is 6.84. The van der Waals surface area contributed by atoms with Gasteiger partial charge in [-0.05, 0) is 60.2 Å². The lowest BCUT2D eigenvalue weighted by atomic mass is 10.1. The SMILES string of the molecule is O=C(NCCc1ccc(Cl)cc1)C1Cc2ccc(Br)cc2C1. The van der Waals surface area contributed by atoms with E-state index >= 15 is 0 Å². The van der Waals surface area contributed by atoms with Gasteiger partial charge in [0.25, 0.3) is 0 Å². The van der Waals surface area contributed by atoms with Crippen molar-refractivity contribution >= 4 is 33.4 Å². The van der Waals surface area contributed by atoms with E-state index in [1.807, 2.05) is 30.3 Å². The van der Waals surface area contributed by atoms with Crippen molar-refractivity contribution in [2.75, 3.05) is 6.54 Å². The summed E-state index contributed by atoms with van der Waals surface area (Å²) in [5.74, 6) is 0.218. The highest BCUT2D eigenvalue weighted by Gasteiger charge is 2.27. The van der Waals surface area contributed by atoms with Crippen LogP contribution in [0.3, 0.4) is 0 Å². The Kier molecular flexibility index (Phi) is 4.84. The maximum Gasteiger partial charge on any atom is 0.223 e. The third-order valence-corrected chi connectivity index (χ3v) is 4.84. The fourth-order valence-electron chi connectivity index (χ4n) is 2.90. The van der Waals surface area contributed by atoms with Crippen molar-refractivity contribution in [3.05, 3.63) is 68.7 Å². The summed E-state index contributed by atoms with van der Waals surface area (Å²) in [5, 5.41) is 3.79. The first-order valence-electron chi connectivity index (χ1n) is 7.41. The summed E-state index contributed by atoms with van der Waals surface area (Å²) in [6, 6.07) is 14.0. The molecule has 0 bridgehead atoms. The second-order valence-corrected chi connectivity index (χ2v) is 7.04. The highest BCUT2D eigenvalue weighted by molar-refractivity contribution is 9.10. The number of rotatable bonds is 4. The van der Waals surface area contributed by atoms with Gasteiger partial charge in [-0.15, -0.1) is 0 Å². The monoisotopic (exact) mass is 377 g/mol. The number of hydrogen-bond donors (Lipinski definition) is 1. The molecule has 4 heteroatoms.